The van der Waals surface area contributed by atoms with Gasteiger partial charge in [-0.25, -0.2) is 4.99 Å². The molecule has 190 valence electrons. The van der Waals surface area contributed by atoms with Crippen LogP contribution in [0.1, 0.15) is 43.0 Å². The summed E-state index contributed by atoms with van der Waals surface area (Å²) in [6, 6.07) is 15.2. The van der Waals surface area contributed by atoms with Gasteiger partial charge in [-0.3, -0.25) is 14.4 Å². The molecule has 1 fully saturated rings. The summed E-state index contributed by atoms with van der Waals surface area (Å²) in [5.41, 5.74) is 4.23. The van der Waals surface area contributed by atoms with Crippen molar-refractivity contribution in [3.8, 4) is 0 Å². The van der Waals surface area contributed by atoms with Crippen LogP contribution in [0.4, 0.5) is 5.69 Å². The lowest BCUT2D eigenvalue weighted by Gasteiger charge is -2.39. The maximum atomic E-state index is 13.2. The number of carbonyl (C=O) groups is 3. The molecule has 2 N–H and O–H groups in total. The molecule has 37 heavy (non-hydrogen) atoms. The van der Waals surface area contributed by atoms with Crippen LogP contribution in [0.15, 0.2) is 64.9 Å². The van der Waals surface area contributed by atoms with Crippen LogP contribution in [0.3, 0.4) is 0 Å². The molecule has 2 aromatic rings. The number of nitrogens with zero attached hydrogens (tertiary/aromatic N) is 2. The molecule has 4 aliphatic rings. The SMILES string of the molecule is CCC1OCC(c2ccccc2)N(CC(=O)Nc2ccc3c(c2)CC2(C3)C(=O)NC3=C2C(C)C=N3)C1=O. The Hall–Kier alpha value is -3.78. The third-order valence-electron chi connectivity index (χ3n) is 8.05. The molecule has 0 bridgehead atoms. The van der Waals surface area contributed by atoms with E-state index in [0.717, 1.165) is 22.3 Å². The van der Waals surface area contributed by atoms with E-state index in [2.05, 4.69) is 22.5 Å². The Morgan fingerprint density at radius 1 is 1.16 bits per heavy atom. The van der Waals surface area contributed by atoms with Crippen LogP contribution in [0.5, 0.6) is 0 Å². The first-order chi connectivity index (χ1) is 17.9. The van der Waals surface area contributed by atoms with Gasteiger partial charge in [-0.15, -0.1) is 0 Å². The highest BCUT2D eigenvalue weighted by Crippen LogP contribution is 2.51. The molecule has 3 amide bonds. The largest absolute Gasteiger partial charge is 0.366 e. The van der Waals surface area contributed by atoms with E-state index in [9.17, 15) is 14.4 Å². The lowest BCUT2D eigenvalue weighted by molar-refractivity contribution is -0.161. The Morgan fingerprint density at radius 3 is 2.73 bits per heavy atom. The fourth-order valence-corrected chi connectivity index (χ4v) is 6.26. The van der Waals surface area contributed by atoms with E-state index in [0.29, 0.717) is 37.4 Å². The number of rotatable bonds is 5. The molecule has 4 atom stereocenters. The van der Waals surface area contributed by atoms with Crippen molar-refractivity contribution in [1.82, 2.24) is 10.2 Å². The van der Waals surface area contributed by atoms with Crippen LogP contribution in [0.25, 0.3) is 0 Å². The molecule has 0 radical (unpaired) electrons. The zero-order valence-corrected chi connectivity index (χ0v) is 21.0. The number of hydrogen-bond donors (Lipinski definition) is 2. The number of fused-ring (bicyclic) bond motifs is 2. The average molecular weight is 499 g/mol. The Balaban J connectivity index is 1.19. The number of nitrogens with one attached hydrogen (secondary N) is 2. The molecular weight excluding hydrogens is 468 g/mol. The number of carbonyl (C=O) groups excluding carboxylic acids is 3. The number of ether oxygens (including phenoxy) is 1. The maximum Gasteiger partial charge on any atom is 0.252 e. The van der Waals surface area contributed by atoms with E-state index in [1.807, 2.05) is 61.7 Å². The predicted octanol–water partition coefficient (Wildman–Crippen LogP) is 3.15. The van der Waals surface area contributed by atoms with Crippen molar-refractivity contribution in [2.45, 2.75) is 45.3 Å². The van der Waals surface area contributed by atoms with Gasteiger partial charge in [0.05, 0.1) is 18.1 Å². The number of amides is 3. The Bertz CT molecular complexity index is 1350. The summed E-state index contributed by atoms with van der Waals surface area (Å²) in [6.45, 7) is 4.27. The molecule has 4 unspecified atom stereocenters. The van der Waals surface area contributed by atoms with Gasteiger partial charge in [0.2, 0.25) is 11.8 Å². The normalized spacial score (nSPS) is 28.1. The summed E-state index contributed by atoms with van der Waals surface area (Å²) < 4.78 is 5.81. The second-order valence-corrected chi connectivity index (χ2v) is 10.4. The van der Waals surface area contributed by atoms with Gasteiger partial charge in [-0.05, 0) is 53.7 Å². The first kappa shape index (κ1) is 23.6. The van der Waals surface area contributed by atoms with E-state index in [1.165, 1.54) is 0 Å². The highest BCUT2D eigenvalue weighted by Gasteiger charge is 2.54. The fourth-order valence-electron chi connectivity index (χ4n) is 6.26. The molecule has 1 saturated heterocycles. The van der Waals surface area contributed by atoms with Crippen molar-refractivity contribution >= 4 is 29.6 Å². The Morgan fingerprint density at radius 2 is 1.95 bits per heavy atom. The first-order valence-electron chi connectivity index (χ1n) is 12.9. The van der Waals surface area contributed by atoms with Crippen molar-refractivity contribution in [2.24, 2.45) is 16.3 Å². The molecule has 3 aliphatic heterocycles. The van der Waals surface area contributed by atoms with Crippen LogP contribution in [0, 0.1) is 11.3 Å². The molecule has 8 heteroatoms. The van der Waals surface area contributed by atoms with E-state index in [4.69, 9.17) is 4.74 Å². The highest BCUT2D eigenvalue weighted by molar-refractivity contribution is 5.97. The van der Waals surface area contributed by atoms with E-state index in [1.54, 1.807) is 4.90 Å². The van der Waals surface area contributed by atoms with Gasteiger partial charge in [-0.1, -0.05) is 50.2 Å². The van der Waals surface area contributed by atoms with Crippen LogP contribution < -0.4 is 10.6 Å². The van der Waals surface area contributed by atoms with Gasteiger partial charge in [0.25, 0.3) is 5.91 Å². The Labute approximate surface area is 215 Å². The first-order valence-corrected chi connectivity index (χ1v) is 12.9. The summed E-state index contributed by atoms with van der Waals surface area (Å²) >= 11 is 0. The Kier molecular flexibility index (Phi) is 5.71. The monoisotopic (exact) mass is 498 g/mol. The number of anilines is 1. The van der Waals surface area contributed by atoms with Crippen LogP contribution in [0.2, 0.25) is 0 Å². The molecule has 2 aromatic carbocycles. The highest BCUT2D eigenvalue weighted by atomic mass is 16.5. The van der Waals surface area contributed by atoms with Gasteiger partial charge < -0.3 is 20.3 Å². The quantitative estimate of drug-likeness (QED) is 0.662. The molecule has 8 nitrogen and oxygen atoms in total. The number of morpholine rings is 1. The molecule has 1 spiro atoms. The van der Waals surface area contributed by atoms with Gasteiger partial charge in [0.15, 0.2) is 0 Å². The van der Waals surface area contributed by atoms with Crippen LogP contribution in [-0.2, 0) is 32.0 Å². The van der Waals surface area contributed by atoms with Crippen LogP contribution >= 0.6 is 0 Å². The van der Waals surface area contributed by atoms with Gasteiger partial charge in [-0.2, -0.15) is 0 Å². The van der Waals surface area contributed by atoms with Crippen molar-refractivity contribution in [3.63, 3.8) is 0 Å². The maximum absolute atomic E-state index is 13.2. The van der Waals surface area contributed by atoms with Crippen LogP contribution in [-0.4, -0.2) is 48.1 Å². The smallest absolute Gasteiger partial charge is 0.252 e. The molecule has 3 heterocycles. The summed E-state index contributed by atoms with van der Waals surface area (Å²) in [5, 5.41) is 5.94. The number of aliphatic imine (C=N–C) groups is 1. The minimum absolute atomic E-state index is 0.00578. The van der Waals surface area contributed by atoms with Crippen molar-refractivity contribution in [2.75, 3.05) is 18.5 Å². The lowest BCUT2D eigenvalue weighted by atomic mass is 9.74. The fraction of sp³-hybridized carbons (Fsp3) is 0.379. The summed E-state index contributed by atoms with van der Waals surface area (Å²) in [6.07, 6.45) is 3.12. The number of hydrogen-bond acceptors (Lipinski definition) is 5. The molecule has 0 saturated carbocycles. The van der Waals surface area contributed by atoms with E-state index in [-0.39, 0.29) is 36.2 Å². The topological polar surface area (TPSA) is 100 Å². The molecule has 6 rings (SSSR count). The van der Waals surface area contributed by atoms with E-state index >= 15 is 0 Å². The molecular formula is C29H30N4O4. The standard InChI is InChI=1S/C29H30N4O4/c1-3-23-27(35)33(22(16-37-23)18-7-5-4-6-8-18)15-24(34)31-21-10-9-19-12-29(13-20(19)11-21)25-17(2)14-30-26(25)32-28(29)36/h4-11,14,17,22-23H,3,12-13,15-16H2,1-2H3,(H,31,34)(H,32,36). The van der Waals surface area contributed by atoms with Gasteiger partial charge >= 0.3 is 0 Å². The summed E-state index contributed by atoms with van der Waals surface area (Å²) in [7, 11) is 0. The van der Waals surface area contributed by atoms with Crippen molar-refractivity contribution in [1.29, 1.82) is 0 Å². The van der Waals surface area contributed by atoms with Gasteiger partial charge in [0, 0.05) is 17.8 Å². The second kappa shape index (κ2) is 8.95. The summed E-state index contributed by atoms with van der Waals surface area (Å²) in [5.74, 6) is 0.398. The molecule has 0 aromatic heterocycles. The zero-order valence-electron chi connectivity index (χ0n) is 21.0. The third-order valence-corrected chi connectivity index (χ3v) is 8.05. The third kappa shape index (κ3) is 3.87. The molecule has 1 aliphatic carbocycles. The minimum atomic E-state index is -0.603. The second-order valence-electron chi connectivity index (χ2n) is 10.4. The predicted molar refractivity (Wildman–Crippen MR) is 139 cm³/mol. The van der Waals surface area contributed by atoms with Crippen molar-refractivity contribution in [3.05, 3.63) is 76.6 Å². The van der Waals surface area contributed by atoms with Crippen molar-refractivity contribution < 1.29 is 19.1 Å². The minimum Gasteiger partial charge on any atom is -0.366 e. The number of benzene rings is 2. The van der Waals surface area contributed by atoms with Gasteiger partial charge in [0.1, 0.15) is 18.5 Å². The van der Waals surface area contributed by atoms with E-state index < -0.39 is 11.5 Å². The lowest BCUT2D eigenvalue weighted by Crippen LogP contribution is -2.51. The summed E-state index contributed by atoms with van der Waals surface area (Å²) in [4.78, 5) is 45.3. The zero-order chi connectivity index (χ0) is 25.7. The average Bonchev–Trinajstić information content (AvgIpc) is 3.54.